The summed E-state index contributed by atoms with van der Waals surface area (Å²) in [6.07, 6.45) is -4.76. The van der Waals surface area contributed by atoms with E-state index in [2.05, 4.69) is 4.74 Å². The van der Waals surface area contributed by atoms with Gasteiger partial charge in [-0.25, -0.2) is 0 Å². The molecule has 128 valence electrons. The predicted octanol–water partition coefficient (Wildman–Crippen LogP) is 3.26. The van der Waals surface area contributed by atoms with E-state index in [1.165, 1.54) is 31.2 Å². The van der Waals surface area contributed by atoms with Crippen molar-refractivity contribution in [2.24, 2.45) is 5.73 Å². The van der Waals surface area contributed by atoms with Crippen LogP contribution < -0.4 is 15.2 Å². The van der Waals surface area contributed by atoms with Gasteiger partial charge < -0.3 is 20.3 Å². The van der Waals surface area contributed by atoms with Crippen molar-refractivity contribution >= 4 is 5.97 Å². The number of phenolic OH excluding ortho intramolecular Hbond substituents is 1. The molecule has 0 aromatic heterocycles. The average Bonchev–Trinajstić information content (AvgIpc) is 2.47. The van der Waals surface area contributed by atoms with Crippen LogP contribution in [0.25, 0.3) is 0 Å². The summed E-state index contributed by atoms with van der Waals surface area (Å²) < 4.78 is 45.0. The number of carbonyl (C=O) groups excluding carboxylic acids is 1. The van der Waals surface area contributed by atoms with Crippen molar-refractivity contribution in [3.63, 3.8) is 0 Å². The van der Waals surface area contributed by atoms with Crippen LogP contribution in [0.5, 0.6) is 17.2 Å². The molecular formula is C16H14F3NO4. The summed E-state index contributed by atoms with van der Waals surface area (Å²) in [5.41, 5.74) is 7.04. The third kappa shape index (κ3) is 4.63. The molecule has 5 nitrogen and oxygen atoms in total. The third-order valence-corrected chi connectivity index (χ3v) is 3.07. The van der Waals surface area contributed by atoms with Crippen molar-refractivity contribution in [1.82, 2.24) is 0 Å². The highest BCUT2D eigenvalue weighted by Gasteiger charge is 2.31. The molecule has 0 aliphatic rings. The fraction of sp³-hybridized carbons (Fsp3) is 0.188. The monoisotopic (exact) mass is 341 g/mol. The molecule has 1 atom stereocenters. The first-order chi connectivity index (χ1) is 11.2. The molecule has 0 aliphatic heterocycles. The molecule has 0 bridgehead atoms. The van der Waals surface area contributed by atoms with Crippen molar-refractivity contribution in [2.45, 2.75) is 19.3 Å². The number of halogens is 3. The maximum atomic E-state index is 12.1. The van der Waals surface area contributed by atoms with E-state index in [0.717, 1.165) is 12.1 Å². The van der Waals surface area contributed by atoms with Crippen molar-refractivity contribution in [1.29, 1.82) is 0 Å². The number of carbonyl (C=O) groups is 1. The first-order valence-electron chi connectivity index (χ1n) is 6.78. The molecular weight excluding hydrogens is 327 g/mol. The average molecular weight is 341 g/mol. The van der Waals surface area contributed by atoms with Gasteiger partial charge in [0, 0.05) is 6.92 Å². The second kappa shape index (κ2) is 6.79. The number of esters is 1. The minimum atomic E-state index is -4.76. The zero-order valence-corrected chi connectivity index (χ0v) is 12.5. The molecule has 3 N–H and O–H groups in total. The summed E-state index contributed by atoms with van der Waals surface area (Å²) in [7, 11) is 0. The second-order valence-corrected chi connectivity index (χ2v) is 4.92. The molecule has 0 fully saturated rings. The van der Waals surface area contributed by atoms with Gasteiger partial charge in [-0.2, -0.15) is 0 Å². The van der Waals surface area contributed by atoms with Gasteiger partial charge in [-0.05, 0) is 35.4 Å². The van der Waals surface area contributed by atoms with E-state index in [4.69, 9.17) is 10.5 Å². The summed E-state index contributed by atoms with van der Waals surface area (Å²) in [6.45, 7) is 1.20. The Morgan fingerprint density at radius 1 is 1.12 bits per heavy atom. The predicted molar refractivity (Wildman–Crippen MR) is 78.6 cm³/mol. The summed E-state index contributed by atoms with van der Waals surface area (Å²) in [4.78, 5) is 10.9. The van der Waals surface area contributed by atoms with Gasteiger partial charge in [0.2, 0.25) is 0 Å². The van der Waals surface area contributed by atoms with E-state index in [0.29, 0.717) is 11.1 Å². The molecule has 2 rings (SSSR count). The number of hydrogen-bond donors (Lipinski definition) is 2. The van der Waals surface area contributed by atoms with Crippen molar-refractivity contribution in [3.8, 4) is 17.2 Å². The Hall–Kier alpha value is -2.74. The minimum absolute atomic E-state index is 0.00706. The molecule has 0 spiro atoms. The fourth-order valence-electron chi connectivity index (χ4n) is 2.04. The second-order valence-electron chi connectivity index (χ2n) is 4.92. The molecule has 0 heterocycles. The summed E-state index contributed by atoms with van der Waals surface area (Å²) in [5.74, 6) is -1.21. The lowest BCUT2D eigenvalue weighted by Crippen LogP contribution is -2.17. The number of aromatic hydroxyl groups is 1. The van der Waals surface area contributed by atoms with Gasteiger partial charge >= 0.3 is 12.3 Å². The van der Waals surface area contributed by atoms with Gasteiger partial charge in [-0.3, -0.25) is 4.79 Å². The summed E-state index contributed by atoms with van der Waals surface area (Å²) in [6, 6.07) is 8.64. The fourth-order valence-corrected chi connectivity index (χ4v) is 2.04. The number of ether oxygens (including phenoxy) is 2. The molecule has 0 radical (unpaired) electrons. The highest BCUT2D eigenvalue weighted by Crippen LogP contribution is 2.31. The Morgan fingerprint density at radius 3 is 2.21 bits per heavy atom. The highest BCUT2D eigenvalue weighted by atomic mass is 19.4. The SMILES string of the molecule is CC(=O)Oc1ccc([C@H](N)c2ccc(OC(F)(F)F)cc2)cc1O. The molecule has 0 aliphatic carbocycles. The van der Waals surface area contributed by atoms with E-state index in [9.17, 15) is 23.1 Å². The quantitative estimate of drug-likeness (QED) is 0.659. The Labute approximate surface area is 135 Å². The number of alkyl halides is 3. The Bertz CT molecular complexity index is 729. The van der Waals surface area contributed by atoms with Gasteiger partial charge in [0.15, 0.2) is 11.5 Å². The van der Waals surface area contributed by atoms with Gasteiger partial charge in [0.1, 0.15) is 5.75 Å². The molecule has 24 heavy (non-hydrogen) atoms. The lowest BCUT2D eigenvalue weighted by atomic mass is 9.99. The number of benzene rings is 2. The molecule has 0 saturated heterocycles. The first kappa shape index (κ1) is 17.6. The number of phenols is 1. The van der Waals surface area contributed by atoms with Gasteiger partial charge in [-0.15, -0.1) is 13.2 Å². The van der Waals surface area contributed by atoms with Crippen LogP contribution in [0.3, 0.4) is 0 Å². The molecule has 8 heteroatoms. The highest BCUT2D eigenvalue weighted by molar-refractivity contribution is 5.70. The van der Waals surface area contributed by atoms with E-state index in [1.54, 1.807) is 6.07 Å². The largest absolute Gasteiger partial charge is 0.573 e. The number of hydrogen-bond acceptors (Lipinski definition) is 5. The zero-order valence-electron chi connectivity index (χ0n) is 12.5. The smallest absolute Gasteiger partial charge is 0.504 e. The Kier molecular flexibility index (Phi) is 4.99. The minimum Gasteiger partial charge on any atom is -0.504 e. The zero-order chi connectivity index (χ0) is 17.9. The molecule has 0 unspecified atom stereocenters. The summed E-state index contributed by atoms with van der Waals surface area (Å²) >= 11 is 0. The van der Waals surface area contributed by atoms with Crippen LogP contribution in [-0.2, 0) is 4.79 Å². The molecule has 2 aromatic carbocycles. The van der Waals surface area contributed by atoms with Crippen LogP contribution in [0.15, 0.2) is 42.5 Å². The number of nitrogens with two attached hydrogens (primary N) is 1. The van der Waals surface area contributed by atoms with Crippen LogP contribution in [0.4, 0.5) is 13.2 Å². The van der Waals surface area contributed by atoms with Crippen LogP contribution in [-0.4, -0.2) is 17.4 Å². The van der Waals surface area contributed by atoms with E-state index >= 15 is 0 Å². The standard InChI is InChI=1S/C16H14F3NO4/c1-9(21)23-14-7-4-11(8-13(14)22)15(20)10-2-5-12(6-3-10)24-16(17,18)19/h2-8,15,22H,20H2,1H3/t15-/m1/s1. The van der Waals surface area contributed by atoms with Crippen LogP contribution >= 0.6 is 0 Å². The number of rotatable bonds is 4. The van der Waals surface area contributed by atoms with E-state index < -0.39 is 18.4 Å². The van der Waals surface area contributed by atoms with Crippen LogP contribution in [0.2, 0.25) is 0 Å². The maximum absolute atomic E-state index is 12.1. The lowest BCUT2D eigenvalue weighted by Gasteiger charge is -2.15. The van der Waals surface area contributed by atoms with Crippen molar-refractivity contribution < 1.29 is 32.5 Å². The first-order valence-corrected chi connectivity index (χ1v) is 6.78. The van der Waals surface area contributed by atoms with Crippen molar-refractivity contribution in [2.75, 3.05) is 0 Å². The van der Waals surface area contributed by atoms with Gasteiger partial charge in [0.25, 0.3) is 0 Å². The third-order valence-electron chi connectivity index (χ3n) is 3.07. The van der Waals surface area contributed by atoms with Gasteiger partial charge in [0.05, 0.1) is 6.04 Å². The van der Waals surface area contributed by atoms with E-state index in [-0.39, 0.29) is 17.2 Å². The van der Waals surface area contributed by atoms with Crippen LogP contribution in [0, 0.1) is 0 Å². The molecule has 0 saturated carbocycles. The molecule has 0 amide bonds. The van der Waals surface area contributed by atoms with E-state index in [1.807, 2.05) is 0 Å². The Balaban J connectivity index is 2.18. The van der Waals surface area contributed by atoms with Crippen molar-refractivity contribution in [3.05, 3.63) is 53.6 Å². The molecule has 2 aromatic rings. The normalized spacial score (nSPS) is 12.5. The lowest BCUT2D eigenvalue weighted by molar-refractivity contribution is -0.274. The summed E-state index contributed by atoms with van der Waals surface area (Å²) in [5, 5.41) is 9.83. The maximum Gasteiger partial charge on any atom is 0.573 e. The van der Waals surface area contributed by atoms with Crippen LogP contribution in [0.1, 0.15) is 24.1 Å². The van der Waals surface area contributed by atoms with Gasteiger partial charge in [-0.1, -0.05) is 18.2 Å². The Morgan fingerprint density at radius 2 is 1.71 bits per heavy atom. The topological polar surface area (TPSA) is 81.8 Å².